The van der Waals surface area contributed by atoms with Crippen molar-refractivity contribution in [1.29, 1.82) is 0 Å². The lowest BCUT2D eigenvalue weighted by atomic mass is 10.00. The maximum Gasteiger partial charge on any atom is 0.329 e. The summed E-state index contributed by atoms with van der Waals surface area (Å²) in [6.07, 6.45) is 1.43. The van der Waals surface area contributed by atoms with Crippen molar-refractivity contribution in [3.05, 3.63) is 0 Å². The number of nitrogens with one attached hydrogen (secondary N) is 2. The van der Waals surface area contributed by atoms with Gasteiger partial charge in [-0.15, -0.1) is 0 Å². The van der Waals surface area contributed by atoms with Crippen LogP contribution in [0.5, 0.6) is 0 Å². The smallest absolute Gasteiger partial charge is 0.329 e. The minimum Gasteiger partial charge on any atom is -0.480 e. The van der Waals surface area contributed by atoms with Crippen LogP contribution in [0.25, 0.3) is 0 Å². The van der Waals surface area contributed by atoms with Crippen molar-refractivity contribution in [2.24, 2.45) is 5.92 Å². The number of amides is 2. The molecule has 1 saturated heterocycles. The SMILES string of the molecule is CCN1CCC(CNC(=O)NC(C)(CC)C(=O)O)C1. The van der Waals surface area contributed by atoms with Crippen molar-refractivity contribution in [2.45, 2.75) is 39.2 Å². The number of carbonyl (C=O) groups excluding carboxylic acids is 1. The van der Waals surface area contributed by atoms with Crippen LogP contribution in [0, 0.1) is 5.92 Å². The molecular formula is C13H25N3O3. The number of urea groups is 1. The van der Waals surface area contributed by atoms with Crippen LogP contribution in [-0.4, -0.2) is 53.7 Å². The standard InChI is InChI=1S/C13H25N3O3/c1-4-13(3,11(17)18)15-12(19)14-8-10-6-7-16(5-2)9-10/h10H,4-9H2,1-3H3,(H,17,18)(H2,14,15,19). The Labute approximate surface area is 114 Å². The summed E-state index contributed by atoms with van der Waals surface area (Å²) in [7, 11) is 0. The second-order valence-corrected chi connectivity index (χ2v) is 5.37. The van der Waals surface area contributed by atoms with E-state index in [0.29, 0.717) is 18.9 Å². The second kappa shape index (κ2) is 6.75. The van der Waals surface area contributed by atoms with Crippen LogP contribution in [0.3, 0.4) is 0 Å². The van der Waals surface area contributed by atoms with Crippen molar-refractivity contribution >= 4 is 12.0 Å². The molecule has 1 fully saturated rings. The highest BCUT2D eigenvalue weighted by atomic mass is 16.4. The van der Waals surface area contributed by atoms with Gasteiger partial charge in [0, 0.05) is 13.1 Å². The average Bonchev–Trinajstić information content (AvgIpc) is 2.84. The Bertz CT molecular complexity index is 335. The number of rotatable bonds is 6. The van der Waals surface area contributed by atoms with E-state index in [0.717, 1.165) is 26.1 Å². The molecular weight excluding hydrogens is 246 g/mol. The zero-order chi connectivity index (χ0) is 14.5. The molecule has 2 atom stereocenters. The minimum absolute atomic E-state index is 0.350. The summed E-state index contributed by atoms with van der Waals surface area (Å²) in [6.45, 7) is 9.10. The molecule has 19 heavy (non-hydrogen) atoms. The van der Waals surface area contributed by atoms with E-state index in [9.17, 15) is 9.59 Å². The molecule has 0 aromatic carbocycles. The molecule has 0 radical (unpaired) electrons. The van der Waals surface area contributed by atoms with Gasteiger partial charge in [0.05, 0.1) is 0 Å². The first-order valence-corrected chi connectivity index (χ1v) is 6.93. The molecule has 0 aromatic rings. The first-order valence-electron chi connectivity index (χ1n) is 6.93. The largest absolute Gasteiger partial charge is 0.480 e. The third-order valence-corrected chi connectivity index (χ3v) is 3.94. The van der Waals surface area contributed by atoms with Crippen LogP contribution in [0.15, 0.2) is 0 Å². The quantitative estimate of drug-likeness (QED) is 0.670. The van der Waals surface area contributed by atoms with E-state index < -0.39 is 17.5 Å². The zero-order valence-electron chi connectivity index (χ0n) is 12.0. The number of likely N-dealkylation sites (tertiary alicyclic amines) is 1. The highest BCUT2D eigenvalue weighted by molar-refractivity contribution is 5.85. The molecule has 1 heterocycles. The molecule has 0 spiro atoms. The van der Waals surface area contributed by atoms with Gasteiger partial charge in [-0.1, -0.05) is 13.8 Å². The number of carboxylic acid groups (broad SMARTS) is 1. The Hall–Kier alpha value is -1.30. The van der Waals surface area contributed by atoms with Gasteiger partial charge >= 0.3 is 12.0 Å². The molecule has 2 amide bonds. The molecule has 0 aromatic heterocycles. The van der Waals surface area contributed by atoms with Crippen molar-refractivity contribution in [3.8, 4) is 0 Å². The lowest BCUT2D eigenvalue weighted by Crippen LogP contribution is -2.55. The van der Waals surface area contributed by atoms with E-state index in [-0.39, 0.29) is 0 Å². The zero-order valence-corrected chi connectivity index (χ0v) is 12.0. The first-order chi connectivity index (χ1) is 8.91. The van der Waals surface area contributed by atoms with Gasteiger partial charge < -0.3 is 20.6 Å². The Morgan fingerprint density at radius 1 is 1.42 bits per heavy atom. The molecule has 0 saturated carbocycles. The van der Waals surface area contributed by atoms with Crippen LogP contribution in [0.1, 0.15) is 33.6 Å². The fourth-order valence-electron chi connectivity index (χ4n) is 2.19. The molecule has 2 unspecified atom stereocenters. The van der Waals surface area contributed by atoms with E-state index in [1.165, 1.54) is 6.92 Å². The van der Waals surface area contributed by atoms with Gasteiger partial charge in [-0.3, -0.25) is 0 Å². The predicted molar refractivity (Wildman–Crippen MR) is 73.1 cm³/mol. The predicted octanol–water partition coefficient (Wildman–Crippen LogP) is 0.881. The van der Waals surface area contributed by atoms with Crippen LogP contribution in [0.4, 0.5) is 4.79 Å². The van der Waals surface area contributed by atoms with Gasteiger partial charge in [0.25, 0.3) is 0 Å². The summed E-state index contributed by atoms with van der Waals surface area (Å²) in [4.78, 5) is 25.2. The summed E-state index contributed by atoms with van der Waals surface area (Å²) in [5, 5.41) is 14.4. The van der Waals surface area contributed by atoms with Crippen molar-refractivity contribution < 1.29 is 14.7 Å². The number of aliphatic carboxylic acids is 1. The van der Waals surface area contributed by atoms with Crippen molar-refractivity contribution in [3.63, 3.8) is 0 Å². The Morgan fingerprint density at radius 3 is 2.58 bits per heavy atom. The van der Waals surface area contributed by atoms with Gasteiger partial charge in [0.1, 0.15) is 5.54 Å². The topological polar surface area (TPSA) is 81.7 Å². The van der Waals surface area contributed by atoms with Crippen LogP contribution in [-0.2, 0) is 4.79 Å². The Kier molecular flexibility index (Phi) is 5.60. The Balaban J connectivity index is 2.34. The van der Waals surface area contributed by atoms with Crippen LogP contribution >= 0.6 is 0 Å². The minimum atomic E-state index is -1.20. The molecule has 6 heteroatoms. The van der Waals surface area contributed by atoms with E-state index in [1.807, 2.05) is 0 Å². The number of carbonyl (C=O) groups is 2. The number of carboxylic acids is 1. The van der Waals surface area contributed by atoms with Gasteiger partial charge in [0.15, 0.2) is 0 Å². The molecule has 3 N–H and O–H groups in total. The van der Waals surface area contributed by atoms with Gasteiger partial charge in [0.2, 0.25) is 0 Å². The summed E-state index contributed by atoms with van der Waals surface area (Å²) in [5.74, 6) is -0.549. The van der Waals surface area contributed by atoms with Gasteiger partial charge in [-0.2, -0.15) is 0 Å². The van der Waals surface area contributed by atoms with E-state index in [1.54, 1.807) is 6.92 Å². The second-order valence-electron chi connectivity index (χ2n) is 5.37. The fourth-order valence-corrected chi connectivity index (χ4v) is 2.19. The van der Waals surface area contributed by atoms with Gasteiger partial charge in [-0.25, -0.2) is 9.59 Å². The van der Waals surface area contributed by atoms with E-state index in [4.69, 9.17) is 5.11 Å². The van der Waals surface area contributed by atoms with Gasteiger partial charge in [-0.05, 0) is 38.8 Å². The van der Waals surface area contributed by atoms with Crippen LogP contribution < -0.4 is 10.6 Å². The molecule has 6 nitrogen and oxygen atoms in total. The lowest BCUT2D eigenvalue weighted by molar-refractivity contribution is -0.143. The molecule has 1 rings (SSSR count). The highest BCUT2D eigenvalue weighted by Crippen LogP contribution is 2.14. The summed E-state index contributed by atoms with van der Waals surface area (Å²) in [5.41, 5.74) is -1.20. The molecule has 0 aliphatic carbocycles. The maximum absolute atomic E-state index is 11.7. The average molecular weight is 271 g/mol. The fraction of sp³-hybridized carbons (Fsp3) is 0.846. The maximum atomic E-state index is 11.7. The van der Waals surface area contributed by atoms with E-state index >= 15 is 0 Å². The normalized spacial score (nSPS) is 22.8. The summed E-state index contributed by atoms with van der Waals surface area (Å²) in [6, 6.07) is -0.401. The first kappa shape index (κ1) is 15.8. The monoisotopic (exact) mass is 271 g/mol. The molecule has 110 valence electrons. The Morgan fingerprint density at radius 2 is 2.11 bits per heavy atom. The number of hydrogen-bond donors (Lipinski definition) is 3. The van der Waals surface area contributed by atoms with Crippen LogP contribution in [0.2, 0.25) is 0 Å². The molecule has 1 aliphatic rings. The third kappa shape index (κ3) is 4.38. The molecule has 0 bridgehead atoms. The summed E-state index contributed by atoms with van der Waals surface area (Å²) < 4.78 is 0. The highest BCUT2D eigenvalue weighted by Gasteiger charge is 2.33. The third-order valence-electron chi connectivity index (χ3n) is 3.94. The van der Waals surface area contributed by atoms with Crippen molar-refractivity contribution in [1.82, 2.24) is 15.5 Å². The number of nitrogens with zero attached hydrogens (tertiary/aromatic N) is 1. The lowest BCUT2D eigenvalue weighted by Gasteiger charge is -2.25. The van der Waals surface area contributed by atoms with E-state index in [2.05, 4.69) is 22.5 Å². The summed E-state index contributed by atoms with van der Waals surface area (Å²) >= 11 is 0. The number of hydrogen-bond acceptors (Lipinski definition) is 3. The molecule has 1 aliphatic heterocycles. The van der Waals surface area contributed by atoms with Crippen molar-refractivity contribution in [2.75, 3.05) is 26.2 Å².